The van der Waals surface area contributed by atoms with Crippen LogP contribution in [0.15, 0.2) is 66.8 Å². The molecule has 0 saturated carbocycles. The van der Waals surface area contributed by atoms with Crippen molar-refractivity contribution in [1.82, 2.24) is 19.1 Å². The summed E-state index contributed by atoms with van der Waals surface area (Å²) in [7, 11) is 0. The second kappa shape index (κ2) is 7.19. The molecule has 2 heterocycles. The lowest BCUT2D eigenvalue weighted by molar-refractivity contribution is 0.211. The third-order valence-electron chi connectivity index (χ3n) is 5.08. The van der Waals surface area contributed by atoms with Gasteiger partial charge in [0.2, 0.25) is 0 Å². The van der Waals surface area contributed by atoms with Crippen LogP contribution >= 0.6 is 0 Å². The van der Waals surface area contributed by atoms with Gasteiger partial charge < -0.3 is 9.13 Å². The van der Waals surface area contributed by atoms with Gasteiger partial charge in [-0.25, -0.2) is 18.7 Å². The molecule has 1 aromatic carbocycles. The van der Waals surface area contributed by atoms with Crippen LogP contribution in [-0.4, -0.2) is 19.1 Å². The Morgan fingerprint density at radius 3 is 2.68 bits per heavy atom. The third kappa shape index (κ3) is 3.19. The molecule has 1 aliphatic carbocycles. The minimum absolute atomic E-state index is 0.0666. The summed E-state index contributed by atoms with van der Waals surface area (Å²) in [5.74, 6) is 0.677. The molecule has 0 radical (unpaired) electrons. The molecule has 1 atom stereocenters. The highest BCUT2D eigenvalue weighted by molar-refractivity contribution is 5.62. The number of alkyl halides is 1. The number of nitrogens with zero attached hydrogens (tertiary/aromatic N) is 4. The van der Waals surface area contributed by atoms with Gasteiger partial charge in [0.25, 0.3) is 0 Å². The molecule has 0 amide bonds. The van der Waals surface area contributed by atoms with E-state index >= 15 is 4.39 Å². The topological polar surface area (TPSA) is 35.6 Å². The van der Waals surface area contributed by atoms with E-state index in [2.05, 4.69) is 28.6 Å². The van der Waals surface area contributed by atoms with Crippen molar-refractivity contribution < 1.29 is 8.78 Å². The van der Waals surface area contributed by atoms with Crippen molar-refractivity contribution in [3.05, 3.63) is 84.1 Å². The molecule has 2 aromatic heterocycles. The van der Waals surface area contributed by atoms with Gasteiger partial charge in [-0.15, -0.1) is 0 Å². The highest BCUT2D eigenvalue weighted by atomic mass is 19.1. The fourth-order valence-corrected chi connectivity index (χ4v) is 3.77. The molecule has 4 nitrogen and oxygen atoms in total. The standard InChI is InChI=1S/C22H22F2N4/c1-3-28-19(26-16(2)20(28)17-7-5-4-6-8-17)15-27-14-13-25-21(27)22(24)11-9-18(23)10-12-22/h4-11,13-14H,3,12,15H2,1-2H3. The molecule has 0 aliphatic heterocycles. The third-order valence-corrected chi connectivity index (χ3v) is 5.08. The van der Waals surface area contributed by atoms with Crippen LogP contribution in [0.1, 0.15) is 30.7 Å². The van der Waals surface area contributed by atoms with Gasteiger partial charge >= 0.3 is 0 Å². The molecular formula is C22H22F2N4. The number of halogens is 2. The van der Waals surface area contributed by atoms with Gasteiger partial charge in [-0.3, -0.25) is 0 Å². The average Bonchev–Trinajstić information content (AvgIpc) is 3.29. The summed E-state index contributed by atoms with van der Waals surface area (Å²) >= 11 is 0. The maximum Gasteiger partial charge on any atom is 0.190 e. The Bertz CT molecular complexity index is 1050. The van der Waals surface area contributed by atoms with Crippen molar-refractivity contribution >= 4 is 0 Å². The predicted molar refractivity (Wildman–Crippen MR) is 105 cm³/mol. The monoisotopic (exact) mass is 380 g/mol. The van der Waals surface area contributed by atoms with Gasteiger partial charge in [-0.1, -0.05) is 30.3 Å². The van der Waals surface area contributed by atoms with Crippen molar-refractivity contribution in [2.75, 3.05) is 0 Å². The predicted octanol–water partition coefficient (Wildman–Crippen LogP) is 5.10. The number of allylic oxidation sites excluding steroid dienone is 4. The van der Waals surface area contributed by atoms with Crippen LogP contribution in [0.25, 0.3) is 11.3 Å². The van der Waals surface area contributed by atoms with Gasteiger partial charge in [-0.2, -0.15) is 0 Å². The average molecular weight is 380 g/mol. The van der Waals surface area contributed by atoms with E-state index in [9.17, 15) is 4.39 Å². The molecule has 1 aliphatic rings. The Morgan fingerprint density at radius 1 is 1.21 bits per heavy atom. The number of aromatic nitrogens is 4. The molecule has 144 valence electrons. The molecule has 6 heteroatoms. The highest BCUT2D eigenvalue weighted by Gasteiger charge is 2.35. The minimum Gasteiger partial charge on any atom is -0.327 e. The van der Waals surface area contributed by atoms with E-state index in [1.165, 1.54) is 12.2 Å². The zero-order valence-electron chi connectivity index (χ0n) is 15.9. The summed E-state index contributed by atoms with van der Waals surface area (Å²) in [6.45, 7) is 5.20. The van der Waals surface area contributed by atoms with E-state index in [1.54, 1.807) is 17.0 Å². The van der Waals surface area contributed by atoms with Crippen molar-refractivity contribution in [2.24, 2.45) is 0 Å². The number of hydrogen-bond donors (Lipinski definition) is 0. The van der Waals surface area contributed by atoms with E-state index in [0.29, 0.717) is 6.54 Å². The van der Waals surface area contributed by atoms with E-state index < -0.39 is 11.5 Å². The Morgan fingerprint density at radius 2 is 2.00 bits per heavy atom. The second-order valence-corrected chi connectivity index (χ2v) is 6.94. The van der Waals surface area contributed by atoms with Crippen LogP contribution in [0.2, 0.25) is 0 Å². The largest absolute Gasteiger partial charge is 0.327 e. The van der Waals surface area contributed by atoms with Crippen LogP contribution in [0.5, 0.6) is 0 Å². The number of benzene rings is 1. The Hall–Kier alpha value is -3.02. The normalized spacial score (nSPS) is 19.1. The number of aryl methyl sites for hydroxylation is 1. The summed E-state index contributed by atoms with van der Waals surface area (Å²) in [5, 5.41) is 0. The molecule has 4 rings (SSSR count). The SMILES string of the molecule is CCn1c(Cn2ccnc2C2(F)C=CC(F)=CC2)nc(C)c1-c1ccccc1. The second-order valence-electron chi connectivity index (χ2n) is 6.94. The lowest BCUT2D eigenvalue weighted by atomic mass is 9.96. The first kappa shape index (κ1) is 18.3. The fourth-order valence-electron chi connectivity index (χ4n) is 3.77. The highest BCUT2D eigenvalue weighted by Crippen LogP contribution is 2.35. The minimum atomic E-state index is -1.82. The molecule has 0 N–H and O–H groups in total. The summed E-state index contributed by atoms with van der Waals surface area (Å²) in [4.78, 5) is 8.98. The first-order chi connectivity index (χ1) is 13.5. The van der Waals surface area contributed by atoms with Crippen LogP contribution in [-0.2, 0) is 18.8 Å². The van der Waals surface area contributed by atoms with Crippen molar-refractivity contribution in [3.8, 4) is 11.3 Å². The van der Waals surface area contributed by atoms with Crippen LogP contribution < -0.4 is 0 Å². The smallest absolute Gasteiger partial charge is 0.190 e. The molecule has 28 heavy (non-hydrogen) atoms. The van der Waals surface area contributed by atoms with Crippen LogP contribution in [0.3, 0.4) is 0 Å². The first-order valence-corrected chi connectivity index (χ1v) is 9.38. The summed E-state index contributed by atoms with van der Waals surface area (Å²) < 4.78 is 32.6. The van der Waals surface area contributed by atoms with E-state index in [4.69, 9.17) is 4.98 Å². The lowest BCUT2D eigenvalue weighted by Gasteiger charge is -2.23. The van der Waals surface area contributed by atoms with Gasteiger partial charge in [0, 0.05) is 30.9 Å². The molecule has 1 unspecified atom stereocenters. The molecular weight excluding hydrogens is 358 g/mol. The summed E-state index contributed by atoms with van der Waals surface area (Å²) in [6, 6.07) is 10.1. The quantitative estimate of drug-likeness (QED) is 0.617. The van der Waals surface area contributed by atoms with E-state index in [-0.39, 0.29) is 12.2 Å². The van der Waals surface area contributed by atoms with Gasteiger partial charge in [-0.05, 0) is 32.1 Å². The molecule has 0 saturated heterocycles. The lowest BCUT2D eigenvalue weighted by Crippen LogP contribution is -2.24. The first-order valence-electron chi connectivity index (χ1n) is 9.38. The van der Waals surface area contributed by atoms with E-state index in [1.807, 2.05) is 25.1 Å². The summed E-state index contributed by atoms with van der Waals surface area (Å²) in [5.41, 5.74) is 1.28. The molecule has 3 aromatic rings. The maximum absolute atomic E-state index is 15.4. The summed E-state index contributed by atoms with van der Waals surface area (Å²) in [6.07, 6.45) is 6.91. The number of imidazole rings is 2. The van der Waals surface area contributed by atoms with Crippen molar-refractivity contribution in [3.63, 3.8) is 0 Å². The Balaban J connectivity index is 1.71. The molecule has 0 bridgehead atoms. The van der Waals surface area contributed by atoms with Gasteiger partial charge in [0.1, 0.15) is 11.7 Å². The van der Waals surface area contributed by atoms with Crippen molar-refractivity contribution in [1.29, 1.82) is 0 Å². The van der Waals surface area contributed by atoms with Crippen LogP contribution in [0, 0.1) is 6.92 Å². The van der Waals surface area contributed by atoms with E-state index in [0.717, 1.165) is 35.4 Å². The zero-order valence-corrected chi connectivity index (χ0v) is 15.9. The van der Waals surface area contributed by atoms with Gasteiger partial charge in [0.05, 0.1) is 17.9 Å². The maximum atomic E-state index is 15.4. The van der Waals surface area contributed by atoms with Gasteiger partial charge in [0.15, 0.2) is 11.5 Å². The molecule has 0 fully saturated rings. The zero-order chi connectivity index (χ0) is 19.7. The van der Waals surface area contributed by atoms with Crippen LogP contribution in [0.4, 0.5) is 8.78 Å². The Labute approximate surface area is 162 Å². The number of rotatable bonds is 5. The molecule has 0 spiro atoms. The number of hydrogen-bond acceptors (Lipinski definition) is 2. The fraction of sp³-hybridized carbons (Fsp3) is 0.273. The van der Waals surface area contributed by atoms with Crippen molar-refractivity contribution in [2.45, 2.75) is 39.0 Å². The Kier molecular flexibility index (Phi) is 4.71.